The molecule has 0 atom stereocenters. The molecule has 5 heterocycles. The van der Waals surface area contributed by atoms with Crippen molar-refractivity contribution in [3.8, 4) is 28.3 Å². The number of H-pyrrole nitrogens is 1. The summed E-state index contributed by atoms with van der Waals surface area (Å²) in [7, 11) is 0. The molecule has 0 aliphatic heterocycles. The standard InChI is InChI=1S/C27H18N4O3/c1-16-7-10-23(34-16)25-20(17-8-9-21-18(13-17)5-4-11-28-21)14-19-15-22(27(33)30-26(19)29-25)31-12-3-2-6-24(31)32/h2-15H,1H3,(H,29,30,33). The van der Waals surface area contributed by atoms with Gasteiger partial charge >= 0.3 is 0 Å². The van der Waals surface area contributed by atoms with Crippen molar-refractivity contribution >= 4 is 21.9 Å². The highest BCUT2D eigenvalue weighted by Crippen LogP contribution is 2.35. The molecule has 0 saturated heterocycles. The fourth-order valence-electron chi connectivity index (χ4n) is 4.14. The molecule has 0 saturated carbocycles. The number of aromatic amines is 1. The molecule has 0 spiro atoms. The van der Waals surface area contributed by atoms with Crippen molar-refractivity contribution < 1.29 is 4.42 Å². The number of pyridine rings is 4. The van der Waals surface area contributed by atoms with Crippen LogP contribution in [-0.4, -0.2) is 19.5 Å². The van der Waals surface area contributed by atoms with Crippen LogP contribution in [0.2, 0.25) is 0 Å². The Hall–Kier alpha value is -4.78. The van der Waals surface area contributed by atoms with E-state index in [1.165, 1.54) is 10.6 Å². The van der Waals surface area contributed by atoms with Crippen LogP contribution in [-0.2, 0) is 0 Å². The molecule has 6 rings (SSSR count). The molecule has 0 unspecified atom stereocenters. The average molecular weight is 446 g/mol. The summed E-state index contributed by atoms with van der Waals surface area (Å²) in [5.74, 6) is 1.36. The zero-order valence-electron chi connectivity index (χ0n) is 18.1. The van der Waals surface area contributed by atoms with Crippen molar-refractivity contribution in [2.45, 2.75) is 6.92 Å². The van der Waals surface area contributed by atoms with Gasteiger partial charge in [0.05, 0.1) is 5.52 Å². The third-order valence-electron chi connectivity index (χ3n) is 5.78. The third kappa shape index (κ3) is 3.31. The second-order valence-electron chi connectivity index (χ2n) is 8.04. The van der Waals surface area contributed by atoms with Crippen molar-refractivity contribution in [3.05, 3.63) is 112 Å². The van der Waals surface area contributed by atoms with Crippen LogP contribution in [0.15, 0.2) is 99.2 Å². The lowest BCUT2D eigenvalue weighted by Gasteiger charge is -2.12. The molecule has 1 N–H and O–H groups in total. The van der Waals surface area contributed by atoms with E-state index in [0.29, 0.717) is 22.5 Å². The Labute approximate surface area is 193 Å². The van der Waals surface area contributed by atoms with E-state index in [-0.39, 0.29) is 11.2 Å². The Balaban J connectivity index is 1.65. The highest BCUT2D eigenvalue weighted by atomic mass is 16.3. The number of hydrogen-bond donors (Lipinski definition) is 1. The van der Waals surface area contributed by atoms with Gasteiger partial charge in [0.25, 0.3) is 11.1 Å². The van der Waals surface area contributed by atoms with Crippen molar-refractivity contribution in [2.75, 3.05) is 0 Å². The molecule has 7 nitrogen and oxygen atoms in total. The minimum Gasteiger partial charge on any atom is -0.460 e. The second-order valence-corrected chi connectivity index (χ2v) is 8.04. The molecule has 6 aromatic rings. The smallest absolute Gasteiger partial charge is 0.273 e. The average Bonchev–Trinajstić information content (AvgIpc) is 3.29. The number of nitrogens with one attached hydrogen (secondary N) is 1. The zero-order valence-corrected chi connectivity index (χ0v) is 18.1. The van der Waals surface area contributed by atoms with Gasteiger partial charge < -0.3 is 9.40 Å². The first-order valence-corrected chi connectivity index (χ1v) is 10.7. The number of rotatable bonds is 3. The van der Waals surface area contributed by atoms with E-state index in [0.717, 1.165) is 27.8 Å². The van der Waals surface area contributed by atoms with Gasteiger partial charge in [0.2, 0.25) is 0 Å². The number of aryl methyl sites for hydroxylation is 1. The minimum atomic E-state index is -0.403. The summed E-state index contributed by atoms with van der Waals surface area (Å²) < 4.78 is 7.22. The van der Waals surface area contributed by atoms with E-state index in [4.69, 9.17) is 9.40 Å². The van der Waals surface area contributed by atoms with Crippen molar-refractivity contribution in [2.24, 2.45) is 0 Å². The first kappa shape index (κ1) is 19.9. The van der Waals surface area contributed by atoms with Crippen LogP contribution in [0, 0.1) is 6.92 Å². The van der Waals surface area contributed by atoms with Gasteiger partial charge in [-0.15, -0.1) is 0 Å². The molecular weight excluding hydrogens is 428 g/mol. The molecule has 0 radical (unpaired) electrons. The van der Waals surface area contributed by atoms with Crippen LogP contribution in [0.3, 0.4) is 0 Å². The molecule has 5 aromatic heterocycles. The van der Waals surface area contributed by atoms with Crippen molar-refractivity contribution in [1.29, 1.82) is 0 Å². The normalized spacial score (nSPS) is 11.3. The highest BCUT2D eigenvalue weighted by molar-refractivity contribution is 5.93. The number of fused-ring (bicyclic) bond motifs is 2. The summed E-state index contributed by atoms with van der Waals surface area (Å²) in [6.07, 6.45) is 3.34. The first-order valence-electron chi connectivity index (χ1n) is 10.7. The van der Waals surface area contributed by atoms with Crippen LogP contribution >= 0.6 is 0 Å². The molecule has 34 heavy (non-hydrogen) atoms. The van der Waals surface area contributed by atoms with E-state index >= 15 is 0 Å². The van der Waals surface area contributed by atoms with Crippen molar-refractivity contribution in [3.63, 3.8) is 0 Å². The summed E-state index contributed by atoms with van der Waals surface area (Å²) in [5, 5.41) is 1.69. The fraction of sp³-hybridized carbons (Fsp3) is 0.0370. The first-order chi connectivity index (χ1) is 16.6. The number of benzene rings is 1. The second kappa shape index (κ2) is 7.67. The van der Waals surface area contributed by atoms with Gasteiger partial charge in [-0.05, 0) is 61.0 Å². The van der Waals surface area contributed by atoms with E-state index < -0.39 is 5.56 Å². The number of aromatic nitrogens is 4. The molecule has 0 aliphatic rings. The molecular formula is C27H18N4O3. The Morgan fingerprint density at radius 3 is 2.65 bits per heavy atom. The molecule has 0 amide bonds. The maximum absolute atomic E-state index is 12.9. The van der Waals surface area contributed by atoms with Crippen LogP contribution in [0.1, 0.15) is 5.76 Å². The van der Waals surface area contributed by atoms with Crippen LogP contribution in [0.25, 0.3) is 50.2 Å². The minimum absolute atomic E-state index is 0.232. The molecule has 1 aromatic carbocycles. The summed E-state index contributed by atoms with van der Waals surface area (Å²) in [4.78, 5) is 37.2. The van der Waals surface area contributed by atoms with Gasteiger partial charge in [0.15, 0.2) is 5.76 Å². The van der Waals surface area contributed by atoms with E-state index in [2.05, 4.69) is 16.0 Å². The monoisotopic (exact) mass is 446 g/mol. The van der Waals surface area contributed by atoms with Gasteiger partial charge in [-0.1, -0.05) is 18.2 Å². The van der Waals surface area contributed by atoms with Gasteiger partial charge in [-0.2, -0.15) is 0 Å². The predicted octanol–water partition coefficient (Wildman–Crippen LogP) is 4.86. The lowest BCUT2D eigenvalue weighted by Crippen LogP contribution is -2.23. The fourth-order valence-corrected chi connectivity index (χ4v) is 4.14. The molecule has 7 heteroatoms. The summed E-state index contributed by atoms with van der Waals surface area (Å²) in [6, 6.07) is 22.1. The number of furan rings is 1. The third-order valence-corrected chi connectivity index (χ3v) is 5.78. The van der Waals surface area contributed by atoms with E-state index in [1.807, 2.05) is 49.4 Å². The van der Waals surface area contributed by atoms with Crippen molar-refractivity contribution in [1.82, 2.24) is 19.5 Å². The Bertz CT molecular complexity index is 1830. The largest absolute Gasteiger partial charge is 0.460 e. The molecule has 0 aliphatic carbocycles. The lowest BCUT2D eigenvalue weighted by atomic mass is 9.99. The summed E-state index contributed by atoms with van der Waals surface area (Å²) in [5.41, 5.74) is 3.23. The summed E-state index contributed by atoms with van der Waals surface area (Å²) in [6.45, 7) is 1.87. The SMILES string of the molecule is Cc1ccc(-c2nc3[nH]c(=O)c(-n4ccccc4=O)cc3cc2-c2ccc3ncccc3c2)o1. The maximum Gasteiger partial charge on any atom is 0.273 e. The Morgan fingerprint density at radius 1 is 0.912 bits per heavy atom. The number of nitrogens with zero attached hydrogens (tertiary/aromatic N) is 3. The van der Waals surface area contributed by atoms with E-state index in [1.54, 1.807) is 30.6 Å². The quantitative estimate of drug-likeness (QED) is 0.419. The molecule has 0 fully saturated rings. The highest BCUT2D eigenvalue weighted by Gasteiger charge is 2.17. The van der Waals surface area contributed by atoms with Gasteiger partial charge in [0.1, 0.15) is 22.8 Å². The lowest BCUT2D eigenvalue weighted by molar-refractivity contribution is 0.547. The van der Waals surface area contributed by atoms with Gasteiger partial charge in [0, 0.05) is 34.8 Å². The van der Waals surface area contributed by atoms with Gasteiger partial charge in [-0.25, -0.2) is 4.98 Å². The Morgan fingerprint density at radius 2 is 1.82 bits per heavy atom. The van der Waals surface area contributed by atoms with Crippen LogP contribution in [0.4, 0.5) is 0 Å². The molecule has 164 valence electrons. The van der Waals surface area contributed by atoms with E-state index in [9.17, 15) is 9.59 Å². The topological polar surface area (TPSA) is 93.8 Å². The zero-order chi connectivity index (χ0) is 23.2. The predicted molar refractivity (Wildman–Crippen MR) is 131 cm³/mol. The number of hydrogen-bond acceptors (Lipinski definition) is 5. The Kier molecular flexibility index (Phi) is 4.48. The maximum atomic E-state index is 12.9. The molecule has 0 bridgehead atoms. The summed E-state index contributed by atoms with van der Waals surface area (Å²) >= 11 is 0. The van der Waals surface area contributed by atoms with Gasteiger partial charge in [-0.3, -0.25) is 19.1 Å². The van der Waals surface area contributed by atoms with Crippen LogP contribution in [0.5, 0.6) is 0 Å². The van der Waals surface area contributed by atoms with Crippen LogP contribution < -0.4 is 11.1 Å².